The van der Waals surface area contributed by atoms with Crippen molar-refractivity contribution in [2.24, 2.45) is 0 Å². The molecular weight excluding hydrogens is 212 g/mol. The summed E-state index contributed by atoms with van der Waals surface area (Å²) >= 11 is 0. The second-order valence-electron chi connectivity index (χ2n) is 4.08. The van der Waals surface area contributed by atoms with Crippen molar-refractivity contribution < 1.29 is 0 Å². The molecule has 88 valence electrons. The third-order valence-electron chi connectivity index (χ3n) is 2.62. The molecule has 0 aliphatic rings. The lowest BCUT2D eigenvalue weighted by Gasteiger charge is -2.18. The van der Waals surface area contributed by atoms with Crippen LogP contribution in [0.5, 0.6) is 0 Å². The third kappa shape index (κ3) is 2.15. The molecule has 0 amide bonds. The molecule has 4 N–H and O–H groups in total. The van der Waals surface area contributed by atoms with E-state index in [1.807, 2.05) is 49.3 Å². The van der Waals surface area contributed by atoms with Crippen LogP contribution < -0.4 is 16.4 Å². The molecule has 0 radical (unpaired) electrons. The van der Waals surface area contributed by atoms with Gasteiger partial charge in [-0.2, -0.15) is 0 Å². The number of pyridine rings is 1. The quantitative estimate of drug-likeness (QED) is 0.824. The van der Waals surface area contributed by atoms with E-state index < -0.39 is 0 Å². The molecule has 2 rings (SSSR count). The molecule has 1 aromatic carbocycles. The van der Waals surface area contributed by atoms with Crippen LogP contribution >= 0.6 is 0 Å². The van der Waals surface area contributed by atoms with Crippen LogP contribution in [0.3, 0.4) is 0 Å². The van der Waals surface area contributed by atoms with Crippen molar-refractivity contribution in [3.05, 3.63) is 36.4 Å². The van der Waals surface area contributed by atoms with Crippen molar-refractivity contribution in [2.75, 3.05) is 30.5 Å². The molecule has 0 saturated carbocycles. The van der Waals surface area contributed by atoms with E-state index in [4.69, 9.17) is 11.5 Å². The number of hydrogen-bond donors (Lipinski definition) is 2. The standard InChI is InChI=1S/C13H16N4/c1-17(2)11-6-4-3-5-9(11)10-7-8-12(14)16-13(10)15/h3-8H,1-2H3,(H4,14,15,16). The summed E-state index contributed by atoms with van der Waals surface area (Å²) in [6.07, 6.45) is 0. The number of hydrogen-bond acceptors (Lipinski definition) is 4. The molecule has 1 aromatic heterocycles. The van der Waals surface area contributed by atoms with Gasteiger partial charge >= 0.3 is 0 Å². The third-order valence-corrected chi connectivity index (χ3v) is 2.62. The van der Waals surface area contributed by atoms with Gasteiger partial charge in [0, 0.05) is 30.9 Å². The van der Waals surface area contributed by atoms with Crippen LogP contribution in [0, 0.1) is 0 Å². The van der Waals surface area contributed by atoms with Gasteiger partial charge in [-0.1, -0.05) is 18.2 Å². The Morgan fingerprint density at radius 2 is 1.65 bits per heavy atom. The minimum Gasteiger partial charge on any atom is -0.384 e. The summed E-state index contributed by atoms with van der Waals surface area (Å²) in [7, 11) is 4.00. The highest BCUT2D eigenvalue weighted by molar-refractivity contribution is 5.84. The van der Waals surface area contributed by atoms with Gasteiger partial charge in [0.05, 0.1) is 0 Å². The molecule has 2 aromatic rings. The van der Waals surface area contributed by atoms with Crippen LogP contribution in [-0.2, 0) is 0 Å². The number of nitrogen functional groups attached to an aromatic ring is 2. The van der Waals surface area contributed by atoms with Crippen LogP contribution in [0.2, 0.25) is 0 Å². The highest BCUT2D eigenvalue weighted by Crippen LogP contribution is 2.32. The summed E-state index contributed by atoms with van der Waals surface area (Å²) in [5.74, 6) is 0.896. The first-order valence-corrected chi connectivity index (χ1v) is 5.38. The minimum absolute atomic E-state index is 0.439. The SMILES string of the molecule is CN(C)c1ccccc1-c1ccc(N)nc1N. The first-order chi connectivity index (χ1) is 8.09. The predicted octanol–water partition coefficient (Wildman–Crippen LogP) is 1.98. The predicted molar refractivity (Wildman–Crippen MR) is 72.8 cm³/mol. The van der Waals surface area contributed by atoms with Gasteiger partial charge in [-0.25, -0.2) is 4.98 Å². The molecule has 4 nitrogen and oxygen atoms in total. The molecule has 0 spiro atoms. The van der Waals surface area contributed by atoms with Crippen molar-refractivity contribution >= 4 is 17.3 Å². The Labute approximate surface area is 101 Å². The zero-order valence-corrected chi connectivity index (χ0v) is 10.0. The van der Waals surface area contributed by atoms with Gasteiger partial charge in [-0.3, -0.25) is 0 Å². The molecule has 0 saturated heterocycles. The molecule has 1 heterocycles. The van der Waals surface area contributed by atoms with E-state index in [1.54, 1.807) is 6.07 Å². The summed E-state index contributed by atoms with van der Waals surface area (Å²) in [6.45, 7) is 0. The number of para-hydroxylation sites is 1. The maximum atomic E-state index is 5.91. The number of aromatic nitrogens is 1. The Morgan fingerprint density at radius 3 is 2.29 bits per heavy atom. The summed E-state index contributed by atoms with van der Waals surface area (Å²) in [6, 6.07) is 11.7. The Kier molecular flexibility index (Phi) is 2.87. The fourth-order valence-electron chi connectivity index (χ4n) is 1.81. The lowest BCUT2D eigenvalue weighted by molar-refractivity contribution is 1.13. The van der Waals surface area contributed by atoms with E-state index in [9.17, 15) is 0 Å². The van der Waals surface area contributed by atoms with Crippen molar-refractivity contribution in [1.82, 2.24) is 4.98 Å². The second kappa shape index (κ2) is 4.33. The highest BCUT2D eigenvalue weighted by atomic mass is 15.1. The minimum atomic E-state index is 0.439. The highest BCUT2D eigenvalue weighted by Gasteiger charge is 2.09. The van der Waals surface area contributed by atoms with Gasteiger partial charge in [0.25, 0.3) is 0 Å². The summed E-state index contributed by atoms with van der Waals surface area (Å²) in [5, 5.41) is 0. The van der Waals surface area contributed by atoms with Gasteiger partial charge in [0.1, 0.15) is 11.6 Å². The smallest absolute Gasteiger partial charge is 0.133 e. The molecule has 17 heavy (non-hydrogen) atoms. The van der Waals surface area contributed by atoms with Crippen LogP contribution in [0.1, 0.15) is 0 Å². The zero-order chi connectivity index (χ0) is 12.4. The fourth-order valence-corrected chi connectivity index (χ4v) is 1.81. The molecule has 0 unspecified atom stereocenters. The molecule has 0 aliphatic carbocycles. The Morgan fingerprint density at radius 1 is 0.941 bits per heavy atom. The van der Waals surface area contributed by atoms with Crippen LogP contribution in [0.25, 0.3) is 11.1 Å². The molecule has 0 aliphatic heterocycles. The monoisotopic (exact) mass is 228 g/mol. The number of nitrogens with zero attached hydrogens (tertiary/aromatic N) is 2. The number of benzene rings is 1. The molecule has 0 bridgehead atoms. The average molecular weight is 228 g/mol. The second-order valence-corrected chi connectivity index (χ2v) is 4.08. The van der Waals surface area contributed by atoms with Crippen molar-refractivity contribution in [1.29, 1.82) is 0 Å². The maximum Gasteiger partial charge on any atom is 0.133 e. The zero-order valence-electron chi connectivity index (χ0n) is 10.0. The average Bonchev–Trinajstić information content (AvgIpc) is 2.29. The number of nitrogens with two attached hydrogens (primary N) is 2. The van der Waals surface area contributed by atoms with E-state index in [0.29, 0.717) is 11.6 Å². The molecular formula is C13H16N4. The van der Waals surface area contributed by atoms with Crippen molar-refractivity contribution in [3.8, 4) is 11.1 Å². The lowest BCUT2D eigenvalue weighted by Crippen LogP contribution is -2.10. The van der Waals surface area contributed by atoms with Crippen molar-refractivity contribution in [3.63, 3.8) is 0 Å². The normalized spacial score (nSPS) is 10.2. The van der Waals surface area contributed by atoms with E-state index in [1.165, 1.54) is 0 Å². The Bertz CT molecular complexity index is 535. The maximum absolute atomic E-state index is 5.91. The first kappa shape index (κ1) is 11.3. The van der Waals surface area contributed by atoms with Gasteiger partial charge < -0.3 is 16.4 Å². The van der Waals surface area contributed by atoms with Crippen LogP contribution in [0.15, 0.2) is 36.4 Å². The summed E-state index contributed by atoms with van der Waals surface area (Å²) in [4.78, 5) is 6.13. The topological polar surface area (TPSA) is 68.2 Å². The Balaban J connectivity index is 2.60. The molecule has 0 atom stereocenters. The van der Waals surface area contributed by atoms with Crippen molar-refractivity contribution in [2.45, 2.75) is 0 Å². The fraction of sp³-hybridized carbons (Fsp3) is 0.154. The van der Waals surface area contributed by atoms with E-state index in [0.717, 1.165) is 16.8 Å². The van der Waals surface area contributed by atoms with Crippen LogP contribution in [0.4, 0.5) is 17.3 Å². The summed E-state index contributed by atoms with van der Waals surface area (Å²) < 4.78 is 0. The van der Waals surface area contributed by atoms with E-state index >= 15 is 0 Å². The van der Waals surface area contributed by atoms with Gasteiger partial charge in [0.2, 0.25) is 0 Å². The van der Waals surface area contributed by atoms with E-state index in [2.05, 4.69) is 4.98 Å². The molecule has 0 fully saturated rings. The molecule has 4 heteroatoms. The summed E-state index contributed by atoms with van der Waals surface area (Å²) in [5.41, 5.74) is 14.6. The first-order valence-electron chi connectivity index (χ1n) is 5.38. The Hall–Kier alpha value is -2.23. The van der Waals surface area contributed by atoms with Gasteiger partial charge in [-0.15, -0.1) is 0 Å². The van der Waals surface area contributed by atoms with Crippen LogP contribution in [-0.4, -0.2) is 19.1 Å². The van der Waals surface area contributed by atoms with Gasteiger partial charge in [0.15, 0.2) is 0 Å². The number of rotatable bonds is 2. The lowest BCUT2D eigenvalue weighted by atomic mass is 10.0. The van der Waals surface area contributed by atoms with Gasteiger partial charge in [-0.05, 0) is 18.2 Å². The number of anilines is 3. The van der Waals surface area contributed by atoms with E-state index in [-0.39, 0.29) is 0 Å². The largest absolute Gasteiger partial charge is 0.384 e.